The van der Waals surface area contributed by atoms with Gasteiger partial charge < -0.3 is 34.4 Å². The highest BCUT2D eigenvalue weighted by Crippen LogP contribution is 2.43. The molecule has 2 unspecified atom stereocenters. The first-order valence-corrected chi connectivity index (χ1v) is 23.7. The summed E-state index contributed by atoms with van der Waals surface area (Å²) in [6, 6.07) is 0. The van der Waals surface area contributed by atoms with Crippen LogP contribution in [0.1, 0.15) is 156 Å². The smallest absolute Gasteiger partial charge is 0.462 e. The van der Waals surface area contributed by atoms with Gasteiger partial charge in [-0.1, -0.05) is 141 Å². The molecule has 0 aliphatic rings. The number of allylic oxidation sites excluding steroid dienone is 4. The van der Waals surface area contributed by atoms with Crippen LogP contribution in [0.5, 0.6) is 0 Å². The van der Waals surface area contributed by atoms with Gasteiger partial charge in [-0.2, -0.15) is 0 Å². The topological polar surface area (TPSA) is 216 Å². The second-order valence-electron chi connectivity index (χ2n) is 14.6. The molecule has 0 rings (SSSR count). The third-order valence-corrected chi connectivity index (χ3v) is 9.98. The van der Waals surface area contributed by atoms with Crippen LogP contribution in [0.2, 0.25) is 0 Å². The lowest BCUT2D eigenvalue weighted by molar-refractivity contribution is -0.161. The fourth-order valence-electron chi connectivity index (χ4n) is 5.39. The number of phosphoric acid groups is 2. The van der Waals surface area contributed by atoms with Crippen LogP contribution in [0.3, 0.4) is 0 Å². The molecule has 0 aliphatic heterocycles. The number of hydrogen-bond acceptors (Lipinski definition) is 11. The van der Waals surface area contributed by atoms with Crippen molar-refractivity contribution in [1.29, 1.82) is 0 Å². The number of ether oxygens (including phenoxy) is 2. The molecular weight excluding hydrogens is 766 g/mol. The quantitative estimate of drug-likeness (QED) is 0.0129. The van der Waals surface area contributed by atoms with Crippen LogP contribution >= 0.6 is 15.6 Å². The molecule has 0 aromatic carbocycles. The van der Waals surface area contributed by atoms with E-state index in [4.69, 9.17) is 23.8 Å². The second-order valence-corrected chi connectivity index (χ2v) is 17.3. The molecule has 0 bridgehead atoms. The van der Waals surface area contributed by atoms with E-state index in [9.17, 15) is 33.8 Å². The number of phosphoric ester groups is 2. The number of aliphatic hydroxyl groups excluding tert-OH is 2. The van der Waals surface area contributed by atoms with Crippen LogP contribution in [-0.2, 0) is 41.8 Å². The average Bonchev–Trinajstić information content (AvgIpc) is 3.13. The summed E-state index contributed by atoms with van der Waals surface area (Å²) in [5.74, 6) is -0.323. The zero-order chi connectivity index (χ0) is 41.9. The normalized spacial score (nSPS) is 15.2. The van der Waals surface area contributed by atoms with E-state index in [0.29, 0.717) is 19.3 Å². The molecule has 0 aromatic heterocycles. The van der Waals surface area contributed by atoms with Gasteiger partial charge in [-0.3, -0.25) is 23.2 Å². The molecule has 0 saturated carbocycles. The van der Waals surface area contributed by atoms with E-state index in [-0.39, 0.29) is 12.8 Å². The summed E-state index contributed by atoms with van der Waals surface area (Å²) in [7, 11) is -9.69. The molecule has 328 valence electrons. The number of unbranched alkanes of at least 4 members (excludes halogenated alkanes) is 14. The van der Waals surface area contributed by atoms with Gasteiger partial charge in [0.2, 0.25) is 0 Å². The molecule has 4 atom stereocenters. The Hall–Kier alpha value is -1.70. The molecule has 14 nitrogen and oxygen atoms in total. The molecule has 56 heavy (non-hydrogen) atoms. The second kappa shape index (κ2) is 35.3. The third kappa shape index (κ3) is 39.1. The lowest BCUT2D eigenvalue weighted by Gasteiger charge is -2.20. The fraction of sp³-hybridized carbons (Fsp3) is 0.800. The first-order valence-electron chi connectivity index (χ1n) is 20.6. The number of carbonyl (C=O) groups excluding carboxylic acids is 2. The number of esters is 2. The van der Waals surface area contributed by atoms with Gasteiger partial charge in [0.1, 0.15) is 12.7 Å². The van der Waals surface area contributed by atoms with Gasteiger partial charge in [-0.05, 0) is 44.4 Å². The number of aliphatic hydroxyl groups is 2. The lowest BCUT2D eigenvalue weighted by atomic mass is 10.0. The van der Waals surface area contributed by atoms with E-state index in [1.165, 1.54) is 38.5 Å². The first kappa shape index (κ1) is 54.3. The minimum absolute atomic E-state index is 0.117. The van der Waals surface area contributed by atoms with Gasteiger partial charge in [0, 0.05) is 12.8 Å². The van der Waals surface area contributed by atoms with Crippen LogP contribution in [-0.4, -0.2) is 81.6 Å². The van der Waals surface area contributed by atoms with Crippen LogP contribution in [0, 0.1) is 5.92 Å². The minimum Gasteiger partial charge on any atom is -0.462 e. The SMILES string of the molecule is CC/C=C/CC(O)/C=C/C=C/CCCCCCCC(=O)OC[C@H](COP(=O)(O)OC[C@@H](O)COP(=O)(O)O)OC(=O)CCCCCCCCCCCCC(C)C. The van der Waals surface area contributed by atoms with Gasteiger partial charge in [0.15, 0.2) is 6.10 Å². The largest absolute Gasteiger partial charge is 0.472 e. The van der Waals surface area contributed by atoms with Gasteiger partial charge in [0.05, 0.1) is 25.9 Å². The summed E-state index contributed by atoms with van der Waals surface area (Å²) in [6.07, 6.45) is 27.7. The van der Waals surface area contributed by atoms with Crippen molar-refractivity contribution >= 4 is 27.6 Å². The minimum atomic E-state index is -4.87. The van der Waals surface area contributed by atoms with E-state index >= 15 is 0 Å². The van der Waals surface area contributed by atoms with Crippen molar-refractivity contribution in [1.82, 2.24) is 0 Å². The summed E-state index contributed by atoms with van der Waals surface area (Å²) < 4.78 is 47.6. The number of carbonyl (C=O) groups is 2. The summed E-state index contributed by atoms with van der Waals surface area (Å²) in [5.41, 5.74) is 0. The van der Waals surface area contributed by atoms with Crippen LogP contribution in [0.15, 0.2) is 36.5 Å². The van der Waals surface area contributed by atoms with Gasteiger partial charge in [-0.15, -0.1) is 0 Å². The Bertz CT molecular complexity index is 1170. The first-order chi connectivity index (χ1) is 26.6. The predicted molar refractivity (Wildman–Crippen MR) is 217 cm³/mol. The highest BCUT2D eigenvalue weighted by Gasteiger charge is 2.28. The van der Waals surface area contributed by atoms with Crippen molar-refractivity contribution in [3.05, 3.63) is 36.5 Å². The van der Waals surface area contributed by atoms with Crippen molar-refractivity contribution in [2.75, 3.05) is 26.4 Å². The van der Waals surface area contributed by atoms with Gasteiger partial charge in [-0.25, -0.2) is 9.13 Å². The molecule has 0 aliphatic carbocycles. The molecule has 0 fully saturated rings. The highest BCUT2D eigenvalue weighted by atomic mass is 31.2. The number of hydrogen-bond donors (Lipinski definition) is 5. The standard InChI is InChI=1S/C40H74O14P2/c1-4-5-21-27-36(41)28-23-18-14-10-8-12-15-19-24-29-39(43)50-33-38(34-53-56(48,49)52-32-37(42)31-51-55(45,46)47)54-40(44)30-25-20-16-11-7-6-9-13-17-22-26-35(2)3/h5,14,18,21,23,28,35-38,41-42H,4,6-13,15-17,19-20,22,24-27,29-34H2,1-3H3,(H,48,49)(H2,45,46,47)/b18-14+,21-5+,28-23+/t36?,37-,38+/m0/s1. The van der Waals surface area contributed by atoms with Crippen molar-refractivity contribution in [2.45, 2.75) is 174 Å². The molecule has 0 saturated heterocycles. The fourth-order valence-corrected chi connectivity index (χ4v) is 6.55. The molecule has 0 spiro atoms. The maximum Gasteiger partial charge on any atom is 0.472 e. The van der Waals surface area contributed by atoms with Crippen LogP contribution in [0.4, 0.5) is 0 Å². The Morgan fingerprint density at radius 3 is 1.75 bits per heavy atom. The van der Waals surface area contributed by atoms with Crippen molar-refractivity contribution in [3.63, 3.8) is 0 Å². The van der Waals surface area contributed by atoms with Crippen molar-refractivity contribution in [2.24, 2.45) is 5.92 Å². The molecule has 0 heterocycles. The molecular formula is C40H74O14P2. The summed E-state index contributed by atoms with van der Waals surface area (Å²) in [4.78, 5) is 52.6. The summed E-state index contributed by atoms with van der Waals surface area (Å²) in [5, 5.41) is 19.6. The Kier molecular flexibility index (Phi) is 34.2. The van der Waals surface area contributed by atoms with E-state index in [0.717, 1.165) is 70.1 Å². The van der Waals surface area contributed by atoms with Crippen LogP contribution < -0.4 is 0 Å². The Morgan fingerprint density at radius 2 is 1.16 bits per heavy atom. The monoisotopic (exact) mass is 840 g/mol. The molecule has 5 N–H and O–H groups in total. The van der Waals surface area contributed by atoms with E-state index in [1.54, 1.807) is 6.08 Å². The Morgan fingerprint density at radius 1 is 0.625 bits per heavy atom. The summed E-state index contributed by atoms with van der Waals surface area (Å²) in [6.45, 7) is 3.79. The molecule has 16 heteroatoms. The van der Waals surface area contributed by atoms with Crippen molar-refractivity contribution in [3.8, 4) is 0 Å². The lowest BCUT2D eigenvalue weighted by Crippen LogP contribution is -2.30. The van der Waals surface area contributed by atoms with Crippen LogP contribution in [0.25, 0.3) is 0 Å². The van der Waals surface area contributed by atoms with E-state index in [1.807, 2.05) is 31.2 Å². The van der Waals surface area contributed by atoms with Gasteiger partial charge in [0.25, 0.3) is 0 Å². The highest BCUT2D eigenvalue weighted by molar-refractivity contribution is 7.47. The Balaban J connectivity index is 4.60. The average molecular weight is 841 g/mol. The maximum atomic E-state index is 12.6. The Labute approximate surface area is 336 Å². The summed E-state index contributed by atoms with van der Waals surface area (Å²) >= 11 is 0. The molecule has 0 radical (unpaired) electrons. The van der Waals surface area contributed by atoms with E-state index in [2.05, 4.69) is 29.0 Å². The van der Waals surface area contributed by atoms with E-state index < -0.39 is 72.3 Å². The van der Waals surface area contributed by atoms with Gasteiger partial charge >= 0.3 is 27.6 Å². The molecule has 0 amide bonds. The molecule has 0 aromatic rings. The zero-order valence-corrected chi connectivity index (χ0v) is 36.0. The predicted octanol–water partition coefficient (Wildman–Crippen LogP) is 8.94. The maximum absolute atomic E-state index is 12.6. The zero-order valence-electron chi connectivity index (χ0n) is 34.3. The van der Waals surface area contributed by atoms with Crippen molar-refractivity contribution < 1.29 is 66.7 Å². The third-order valence-electron chi connectivity index (χ3n) is 8.54. The number of rotatable bonds is 38.